The van der Waals surface area contributed by atoms with E-state index in [0.29, 0.717) is 12.3 Å². The van der Waals surface area contributed by atoms with Gasteiger partial charge in [-0.15, -0.1) is 0 Å². The third kappa shape index (κ3) is 4.22. The van der Waals surface area contributed by atoms with Crippen LogP contribution in [-0.4, -0.2) is 24.5 Å². The fraction of sp³-hybridized carbons (Fsp3) is 0.478. The molecule has 1 aliphatic heterocycles. The van der Waals surface area contributed by atoms with E-state index in [1.807, 2.05) is 12.1 Å². The normalized spacial score (nSPS) is 18.2. The van der Waals surface area contributed by atoms with E-state index in [0.717, 1.165) is 45.2 Å². The summed E-state index contributed by atoms with van der Waals surface area (Å²) < 4.78 is 11.5. The second kappa shape index (κ2) is 8.41. The largest absolute Gasteiger partial charge is 0.486 e. The van der Waals surface area contributed by atoms with Crippen molar-refractivity contribution in [3.05, 3.63) is 63.7 Å². The predicted molar refractivity (Wildman–Crippen MR) is 109 cm³/mol. The van der Waals surface area contributed by atoms with Gasteiger partial charge < -0.3 is 14.5 Å². The molecule has 4 rings (SSSR count). The number of rotatable bonds is 6. The second-order valence-electron chi connectivity index (χ2n) is 8.20. The predicted octanol–water partition coefficient (Wildman–Crippen LogP) is 3.23. The third-order valence-corrected chi connectivity index (χ3v) is 6.16. The van der Waals surface area contributed by atoms with Gasteiger partial charge in [0.15, 0.2) is 0 Å². The number of benzene rings is 1. The highest BCUT2D eigenvalue weighted by atomic mass is 16.5. The number of carbonyl (C=O) groups excluding carboxylic acids is 1. The SMILES string of the molecule is CNC(=O)C1(COc2coc(CN3Cc4ccccc4C3)cc2=O)CCCCC1. The van der Waals surface area contributed by atoms with E-state index in [1.54, 1.807) is 7.05 Å². The highest BCUT2D eigenvalue weighted by molar-refractivity contribution is 5.82. The summed E-state index contributed by atoms with van der Waals surface area (Å²) in [5.41, 5.74) is 1.88. The van der Waals surface area contributed by atoms with Gasteiger partial charge in [0.2, 0.25) is 17.1 Å². The lowest BCUT2D eigenvalue weighted by atomic mass is 9.74. The molecular weight excluding hydrogens is 368 g/mol. The molecule has 1 amide bonds. The monoisotopic (exact) mass is 396 g/mol. The van der Waals surface area contributed by atoms with Crippen LogP contribution in [0.15, 0.2) is 45.8 Å². The number of amides is 1. The molecule has 29 heavy (non-hydrogen) atoms. The summed E-state index contributed by atoms with van der Waals surface area (Å²) in [7, 11) is 1.65. The van der Waals surface area contributed by atoms with Crippen LogP contribution in [0.3, 0.4) is 0 Å². The first-order valence-electron chi connectivity index (χ1n) is 10.4. The minimum absolute atomic E-state index is 0.00759. The molecule has 1 aromatic carbocycles. The van der Waals surface area contributed by atoms with Crippen molar-refractivity contribution in [3.8, 4) is 5.75 Å². The van der Waals surface area contributed by atoms with Gasteiger partial charge in [-0.3, -0.25) is 14.5 Å². The molecule has 1 aliphatic carbocycles. The zero-order valence-corrected chi connectivity index (χ0v) is 16.9. The van der Waals surface area contributed by atoms with Gasteiger partial charge in [0.1, 0.15) is 18.6 Å². The van der Waals surface area contributed by atoms with Crippen molar-refractivity contribution in [1.29, 1.82) is 0 Å². The number of carbonyl (C=O) groups is 1. The Balaban J connectivity index is 1.40. The fourth-order valence-electron chi connectivity index (χ4n) is 4.51. The average Bonchev–Trinajstić information content (AvgIpc) is 3.15. The molecule has 0 atom stereocenters. The summed E-state index contributed by atoms with van der Waals surface area (Å²) in [5.74, 6) is 0.785. The van der Waals surface area contributed by atoms with Crippen LogP contribution in [0.5, 0.6) is 5.75 Å². The fourth-order valence-corrected chi connectivity index (χ4v) is 4.51. The van der Waals surface area contributed by atoms with E-state index >= 15 is 0 Å². The number of nitrogens with zero attached hydrogens (tertiary/aromatic N) is 1. The van der Waals surface area contributed by atoms with Crippen LogP contribution < -0.4 is 15.5 Å². The van der Waals surface area contributed by atoms with Gasteiger partial charge in [-0.25, -0.2) is 0 Å². The van der Waals surface area contributed by atoms with Crippen molar-refractivity contribution in [2.45, 2.75) is 51.7 Å². The van der Waals surface area contributed by atoms with Crippen LogP contribution in [0.25, 0.3) is 0 Å². The Hall–Kier alpha value is -2.60. The van der Waals surface area contributed by atoms with Crippen LogP contribution in [0.2, 0.25) is 0 Å². The van der Waals surface area contributed by atoms with Crippen molar-refractivity contribution in [2.75, 3.05) is 13.7 Å². The van der Waals surface area contributed by atoms with Gasteiger partial charge >= 0.3 is 0 Å². The molecule has 0 unspecified atom stereocenters. The van der Waals surface area contributed by atoms with E-state index in [9.17, 15) is 9.59 Å². The van der Waals surface area contributed by atoms with Crippen LogP contribution in [0.4, 0.5) is 0 Å². The molecule has 154 valence electrons. The Morgan fingerprint density at radius 2 is 1.86 bits per heavy atom. The maximum atomic E-state index is 12.5. The minimum atomic E-state index is -0.556. The molecule has 1 N–H and O–H groups in total. The lowest BCUT2D eigenvalue weighted by Gasteiger charge is -2.34. The molecule has 1 aromatic heterocycles. The average molecular weight is 396 g/mol. The maximum absolute atomic E-state index is 12.5. The zero-order chi connectivity index (χ0) is 20.3. The minimum Gasteiger partial charge on any atom is -0.486 e. The highest BCUT2D eigenvalue weighted by Crippen LogP contribution is 2.37. The van der Waals surface area contributed by atoms with Crippen LogP contribution in [-0.2, 0) is 24.4 Å². The topological polar surface area (TPSA) is 71.8 Å². The highest BCUT2D eigenvalue weighted by Gasteiger charge is 2.40. The van der Waals surface area contributed by atoms with Gasteiger partial charge in [0, 0.05) is 26.2 Å². The Bertz CT molecular complexity index is 905. The van der Waals surface area contributed by atoms with E-state index in [-0.39, 0.29) is 23.7 Å². The summed E-state index contributed by atoms with van der Waals surface area (Å²) in [6.07, 6.45) is 6.10. The summed E-state index contributed by atoms with van der Waals surface area (Å²) in [6, 6.07) is 9.87. The molecule has 0 radical (unpaired) electrons. The van der Waals surface area contributed by atoms with Crippen molar-refractivity contribution < 1.29 is 13.9 Å². The Kier molecular flexibility index (Phi) is 5.72. The smallest absolute Gasteiger partial charge is 0.229 e. The van der Waals surface area contributed by atoms with E-state index in [2.05, 4.69) is 22.3 Å². The van der Waals surface area contributed by atoms with Gasteiger partial charge in [-0.1, -0.05) is 43.5 Å². The van der Waals surface area contributed by atoms with Gasteiger partial charge in [-0.05, 0) is 24.0 Å². The molecule has 0 bridgehead atoms. The first-order chi connectivity index (χ1) is 14.1. The first-order valence-corrected chi connectivity index (χ1v) is 10.4. The van der Waals surface area contributed by atoms with Crippen molar-refractivity contribution in [1.82, 2.24) is 10.2 Å². The number of fused-ring (bicyclic) bond motifs is 1. The van der Waals surface area contributed by atoms with Crippen molar-refractivity contribution in [3.63, 3.8) is 0 Å². The molecule has 1 saturated carbocycles. The lowest BCUT2D eigenvalue weighted by molar-refractivity contribution is -0.134. The Labute approximate surface area is 170 Å². The summed E-state index contributed by atoms with van der Waals surface area (Å²) >= 11 is 0. The number of ether oxygens (including phenoxy) is 1. The first kappa shape index (κ1) is 19.7. The third-order valence-electron chi connectivity index (χ3n) is 6.16. The zero-order valence-electron chi connectivity index (χ0n) is 16.9. The molecule has 2 aliphatic rings. The summed E-state index contributed by atoms with van der Waals surface area (Å²) in [6.45, 7) is 2.49. The summed E-state index contributed by atoms with van der Waals surface area (Å²) in [5, 5.41) is 2.76. The van der Waals surface area contributed by atoms with E-state index in [1.165, 1.54) is 23.5 Å². The number of hydrogen-bond acceptors (Lipinski definition) is 5. The number of nitrogens with one attached hydrogen (secondary N) is 1. The molecular formula is C23H28N2O4. The molecule has 2 heterocycles. The van der Waals surface area contributed by atoms with Gasteiger partial charge in [-0.2, -0.15) is 0 Å². The lowest BCUT2D eigenvalue weighted by Crippen LogP contribution is -2.45. The standard InChI is InChI=1S/C23H28N2O4/c1-24-22(27)23(9-5-2-6-10-23)16-29-21-15-28-19(11-20(21)26)14-25-12-17-7-3-4-8-18(17)13-25/h3-4,7-8,11,15H,2,5-6,9-10,12-14,16H2,1H3,(H,24,27). The van der Waals surface area contributed by atoms with Crippen LogP contribution in [0.1, 0.15) is 49.0 Å². The van der Waals surface area contributed by atoms with Gasteiger partial charge in [0.25, 0.3) is 0 Å². The molecule has 6 nitrogen and oxygen atoms in total. The Morgan fingerprint density at radius 3 is 2.48 bits per heavy atom. The molecule has 0 spiro atoms. The van der Waals surface area contributed by atoms with E-state index < -0.39 is 5.41 Å². The molecule has 0 saturated heterocycles. The quantitative estimate of drug-likeness (QED) is 0.812. The van der Waals surface area contributed by atoms with Crippen molar-refractivity contribution in [2.24, 2.45) is 5.41 Å². The van der Waals surface area contributed by atoms with Crippen molar-refractivity contribution >= 4 is 5.91 Å². The van der Waals surface area contributed by atoms with Crippen LogP contribution >= 0.6 is 0 Å². The number of hydrogen-bond donors (Lipinski definition) is 1. The Morgan fingerprint density at radius 1 is 1.17 bits per heavy atom. The molecule has 2 aromatic rings. The van der Waals surface area contributed by atoms with Crippen LogP contribution in [0, 0.1) is 5.41 Å². The van der Waals surface area contributed by atoms with E-state index in [4.69, 9.17) is 9.15 Å². The summed E-state index contributed by atoms with van der Waals surface area (Å²) in [4.78, 5) is 27.2. The molecule has 6 heteroatoms. The maximum Gasteiger partial charge on any atom is 0.229 e. The second-order valence-corrected chi connectivity index (χ2v) is 8.20. The molecule has 1 fully saturated rings. The van der Waals surface area contributed by atoms with Gasteiger partial charge in [0.05, 0.1) is 12.0 Å².